The molecule has 0 amide bonds. The van der Waals surface area contributed by atoms with Gasteiger partial charge in [0, 0.05) is 17.5 Å². The van der Waals surface area contributed by atoms with E-state index in [4.69, 9.17) is 11.6 Å². The minimum Gasteiger partial charge on any atom is -0.313 e. The quantitative estimate of drug-likeness (QED) is 0.847. The van der Waals surface area contributed by atoms with Crippen LogP contribution < -0.4 is 5.32 Å². The van der Waals surface area contributed by atoms with Gasteiger partial charge in [0.2, 0.25) is 0 Å². The van der Waals surface area contributed by atoms with Crippen molar-refractivity contribution in [3.8, 4) is 0 Å². The Morgan fingerprint density at radius 3 is 2.90 bits per heavy atom. The molecule has 1 saturated carbocycles. The molecule has 2 unspecified atom stereocenters. The number of nitrogens with one attached hydrogen (secondary N) is 1. The number of nitrogens with zero attached hydrogens (tertiary/aromatic N) is 1. The van der Waals surface area contributed by atoms with Gasteiger partial charge in [-0.1, -0.05) is 32.4 Å². The third-order valence-electron chi connectivity index (χ3n) is 3.96. The van der Waals surface area contributed by atoms with Crippen LogP contribution in [-0.2, 0) is 0 Å². The lowest BCUT2D eigenvalue weighted by Gasteiger charge is -2.40. The van der Waals surface area contributed by atoms with Crippen molar-refractivity contribution in [1.82, 2.24) is 10.3 Å². The van der Waals surface area contributed by atoms with Crippen molar-refractivity contribution in [1.29, 1.82) is 0 Å². The van der Waals surface area contributed by atoms with Crippen molar-refractivity contribution in [3.63, 3.8) is 0 Å². The number of thioether (sulfide) groups is 1. The van der Waals surface area contributed by atoms with Gasteiger partial charge in [0.05, 0.1) is 10.0 Å². The lowest BCUT2D eigenvalue weighted by atomic mass is 9.75. The van der Waals surface area contributed by atoms with E-state index >= 15 is 0 Å². The average Bonchev–Trinajstić information content (AvgIpc) is 2.40. The summed E-state index contributed by atoms with van der Waals surface area (Å²) in [5, 5.41) is 6.10. The Labute approximate surface area is 132 Å². The van der Waals surface area contributed by atoms with Crippen LogP contribution in [0.4, 0.5) is 0 Å². The molecule has 1 aromatic rings. The Bertz CT molecular complexity index is 419. The van der Waals surface area contributed by atoms with Gasteiger partial charge in [0.25, 0.3) is 0 Å². The van der Waals surface area contributed by atoms with E-state index < -0.39 is 0 Å². The molecule has 112 valence electrons. The van der Waals surface area contributed by atoms with E-state index in [0.717, 1.165) is 11.6 Å². The number of halogens is 1. The van der Waals surface area contributed by atoms with E-state index in [9.17, 15) is 0 Å². The summed E-state index contributed by atoms with van der Waals surface area (Å²) in [6.45, 7) is 8.09. The van der Waals surface area contributed by atoms with Crippen LogP contribution in [0.5, 0.6) is 0 Å². The smallest absolute Gasteiger partial charge is 0.0964 e. The highest BCUT2D eigenvalue weighted by Crippen LogP contribution is 2.42. The molecule has 2 rings (SSSR count). The monoisotopic (exact) mass is 312 g/mol. The number of aromatic nitrogens is 1. The van der Waals surface area contributed by atoms with E-state index in [2.05, 4.69) is 31.1 Å². The highest BCUT2D eigenvalue weighted by atomic mass is 35.5. The first-order chi connectivity index (χ1) is 9.50. The molecule has 1 aliphatic carbocycles. The summed E-state index contributed by atoms with van der Waals surface area (Å²) in [4.78, 5) is 4.44. The van der Waals surface area contributed by atoms with Crippen molar-refractivity contribution in [2.45, 2.75) is 62.8 Å². The zero-order valence-corrected chi connectivity index (χ0v) is 14.2. The topological polar surface area (TPSA) is 24.9 Å². The molecule has 2 nitrogen and oxygen atoms in total. The van der Waals surface area contributed by atoms with Crippen LogP contribution in [0.3, 0.4) is 0 Å². The van der Waals surface area contributed by atoms with Crippen molar-refractivity contribution in [2.75, 3.05) is 6.54 Å². The molecule has 0 bridgehead atoms. The fourth-order valence-electron chi connectivity index (χ4n) is 2.80. The van der Waals surface area contributed by atoms with E-state index in [-0.39, 0.29) is 0 Å². The molecule has 0 radical (unpaired) electrons. The van der Waals surface area contributed by atoms with Gasteiger partial charge in [0.1, 0.15) is 0 Å². The summed E-state index contributed by atoms with van der Waals surface area (Å²) >= 11 is 7.81. The van der Waals surface area contributed by atoms with E-state index in [1.807, 2.05) is 23.9 Å². The van der Waals surface area contributed by atoms with Crippen molar-refractivity contribution >= 4 is 23.4 Å². The van der Waals surface area contributed by atoms with Gasteiger partial charge in [-0.3, -0.25) is 0 Å². The van der Waals surface area contributed by atoms with Gasteiger partial charge >= 0.3 is 0 Å². The van der Waals surface area contributed by atoms with Crippen LogP contribution in [0.1, 0.15) is 46.5 Å². The van der Waals surface area contributed by atoms with Gasteiger partial charge < -0.3 is 5.32 Å². The lowest BCUT2D eigenvalue weighted by Crippen LogP contribution is -2.45. The molecule has 1 N–H and O–H groups in total. The second-order valence-electron chi connectivity index (χ2n) is 6.44. The second-order valence-corrected chi connectivity index (χ2v) is 8.13. The molecule has 0 aromatic carbocycles. The van der Waals surface area contributed by atoms with Gasteiger partial charge in [-0.25, -0.2) is 4.98 Å². The normalized spacial score (nSPS) is 25.6. The zero-order valence-electron chi connectivity index (χ0n) is 12.7. The predicted molar refractivity (Wildman–Crippen MR) is 88.6 cm³/mol. The molecular weight excluding hydrogens is 288 g/mol. The average molecular weight is 313 g/mol. The molecule has 1 aromatic heterocycles. The Hall–Kier alpha value is -0.250. The van der Waals surface area contributed by atoms with Crippen molar-refractivity contribution in [2.24, 2.45) is 5.41 Å². The van der Waals surface area contributed by atoms with Crippen LogP contribution in [0, 0.1) is 5.41 Å². The molecule has 2 atom stereocenters. The molecule has 0 spiro atoms. The van der Waals surface area contributed by atoms with Crippen LogP contribution in [0.15, 0.2) is 23.4 Å². The van der Waals surface area contributed by atoms with Gasteiger partial charge in [-0.05, 0) is 49.8 Å². The summed E-state index contributed by atoms with van der Waals surface area (Å²) in [7, 11) is 0. The predicted octanol–water partition coefficient (Wildman–Crippen LogP) is 4.77. The molecule has 4 heteroatoms. The first-order valence-electron chi connectivity index (χ1n) is 7.52. The molecule has 0 aliphatic heterocycles. The third-order valence-corrected chi connectivity index (χ3v) is 5.47. The van der Waals surface area contributed by atoms with Gasteiger partial charge in [0.15, 0.2) is 0 Å². The van der Waals surface area contributed by atoms with Gasteiger partial charge in [-0.2, -0.15) is 0 Å². The fraction of sp³-hybridized carbons (Fsp3) is 0.688. The third kappa shape index (κ3) is 4.64. The SMILES string of the molecule is CCCNC1CCC(C)(C)CC1Sc1ccc(Cl)cn1. The Morgan fingerprint density at radius 2 is 2.25 bits per heavy atom. The largest absolute Gasteiger partial charge is 0.313 e. The minimum atomic E-state index is 0.439. The van der Waals surface area contributed by atoms with Crippen LogP contribution in [0.2, 0.25) is 5.02 Å². The maximum atomic E-state index is 5.91. The maximum Gasteiger partial charge on any atom is 0.0964 e. The van der Waals surface area contributed by atoms with Gasteiger partial charge in [-0.15, -0.1) is 11.8 Å². The highest BCUT2D eigenvalue weighted by Gasteiger charge is 2.35. The standard InChI is InChI=1S/C16H25ClN2S/c1-4-9-18-13-7-8-16(2,3)10-14(13)20-15-6-5-12(17)11-19-15/h5-6,11,13-14,18H,4,7-10H2,1-3H3. The molecule has 1 fully saturated rings. The minimum absolute atomic E-state index is 0.439. The Morgan fingerprint density at radius 1 is 1.45 bits per heavy atom. The summed E-state index contributed by atoms with van der Waals surface area (Å²) in [5.74, 6) is 0. The molecule has 1 heterocycles. The number of rotatable bonds is 5. The number of hydrogen-bond acceptors (Lipinski definition) is 3. The second kappa shape index (κ2) is 7.15. The Kier molecular flexibility index (Phi) is 5.76. The lowest BCUT2D eigenvalue weighted by molar-refractivity contribution is 0.214. The van der Waals surface area contributed by atoms with E-state index in [1.165, 1.54) is 25.7 Å². The van der Waals surface area contributed by atoms with Crippen molar-refractivity contribution in [3.05, 3.63) is 23.4 Å². The van der Waals surface area contributed by atoms with Crippen LogP contribution in [-0.4, -0.2) is 22.8 Å². The summed E-state index contributed by atoms with van der Waals surface area (Å²) < 4.78 is 0. The number of pyridine rings is 1. The summed E-state index contributed by atoms with van der Waals surface area (Å²) in [5.41, 5.74) is 0.439. The van der Waals surface area contributed by atoms with Crippen molar-refractivity contribution < 1.29 is 0 Å². The van der Waals surface area contributed by atoms with Crippen LogP contribution in [0.25, 0.3) is 0 Å². The first kappa shape index (κ1) is 16.1. The van der Waals surface area contributed by atoms with Crippen LogP contribution >= 0.6 is 23.4 Å². The maximum absolute atomic E-state index is 5.91. The summed E-state index contributed by atoms with van der Waals surface area (Å²) in [6, 6.07) is 4.57. The molecule has 0 saturated heterocycles. The first-order valence-corrected chi connectivity index (χ1v) is 8.77. The van der Waals surface area contributed by atoms with E-state index in [0.29, 0.717) is 21.7 Å². The highest BCUT2D eigenvalue weighted by molar-refractivity contribution is 7.99. The Balaban J connectivity index is 2.04. The van der Waals surface area contributed by atoms with E-state index in [1.54, 1.807) is 6.20 Å². The molecular formula is C16H25ClN2S. The number of hydrogen-bond donors (Lipinski definition) is 1. The zero-order chi connectivity index (χ0) is 14.6. The summed E-state index contributed by atoms with van der Waals surface area (Å²) in [6.07, 6.45) is 6.74. The molecule has 20 heavy (non-hydrogen) atoms. The fourth-order valence-corrected chi connectivity index (χ4v) is 4.41. The molecule has 1 aliphatic rings.